The average molecular weight is 610 g/mol. The predicted molar refractivity (Wildman–Crippen MR) is 148 cm³/mol. The van der Waals surface area contributed by atoms with Gasteiger partial charge in [-0.05, 0) is 55.2 Å². The summed E-state index contributed by atoms with van der Waals surface area (Å²) in [5.41, 5.74) is 3.61. The third-order valence-corrected chi connectivity index (χ3v) is 7.05. The Morgan fingerprint density at radius 2 is 1.30 bits per heavy atom. The van der Waals surface area contributed by atoms with Crippen LogP contribution in [0, 0.1) is 12.3 Å². The van der Waals surface area contributed by atoms with Crippen LogP contribution in [0.2, 0.25) is 0 Å². The number of halogens is 1. The summed E-state index contributed by atoms with van der Waals surface area (Å²) in [7, 11) is 0. The summed E-state index contributed by atoms with van der Waals surface area (Å²) in [5, 5.41) is 11.4. The number of hydrogen-bond donors (Lipinski definition) is 1. The number of rotatable bonds is 1. The van der Waals surface area contributed by atoms with E-state index >= 15 is 0 Å². The Bertz CT molecular complexity index is 1380. The number of carbonyl (C=O) groups excluding carboxylic acids is 1. The molecule has 2 saturated carbocycles. The van der Waals surface area contributed by atoms with Crippen molar-refractivity contribution < 1.29 is 36.4 Å². The van der Waals surface area contributed by atoms with E-state index in [4.69, 9.17) is 9.47 Å². The summed E-state index contributed by atoms with van der Waals surface area (Å²) in [4.78, 5) is 20.8. The second-order valence-electron chi connectivity index (χ2n) is 9.80. The average Bonchev–Trinajstić information content (AvgIpc) is 3.86. The molecule has 0 amide bonds. The molecular formula is C32H29BrMgN2O4. The van der Waals surface area contributed by atoms with Crippen molar-refractivity contribution in [2.75, 3.05) is 0 Å². The number of hydrogen-bond acceptors (Lipinski definition) is 6. The van der Waals surface area contributed by atoms with Gasteiger partial charge in [0, 0.05) is 29.1 Å². The molecule has 2 aromatic carbocycles. The Morgan fingerprint density at radius 1 is 0.750 bits per heavy atom. The predicted octanol–water partition coefficient (Wildman–Crippen LogP) is 2.43. The molecule has 2 aliphatic heterocycles. The van der Waals surface area contributed by atoms with E-state index in [-0.39, 0.29) is 51.7 Å². The first-order valence-corrected chi connectivity index (χ1v) is 13.1. The minimum Gasteiger partial charge on any atom is -1.00 e. The van der Waals surface area contributed by atoms with Crippen LogP contribution in [0.1, 0.15) is 64.1 Å². The van der Waals surface area contributed by atoms with Crippen LogP contribution in [-0.4, -0.2) is 43.9 Å². The molecule has 0 radical (unpaired) electrons. The summed E-state index contributed by atoms with van der Waals surface area (Å²) >= 11 is 0. The van der Waals surface area contributed by atoms with Gasteiger partial charge in [0.1, 0.15) is 30.3 Å². The van der Waals surface area contributed by atoms with Crippen LogP contribution in [0.15, 0.2) is 85.2 Å². The van der Waals surface area contributed by atoms with Crippen molar-refractivity contribution in [2.45, 2.75) is 44.5 Å². The van der Waals surface area contributed by atoms with E-state index in [1.54, 1.807) is 36.7 Å². The van der Waals surface area contributed by atoms with Crippen LogP contribution >= 0.6 is 0 Å². The van der Waals surface area contributed by atoms with E-state index in [2.05, 4.69) is 16.4 Å². The fourth-order valence-electron chi connectivity index (χ4n) is 4.87. The summed E-state index contributed by atoms with van der Waals surface area (Å²) in [6.45, 7) is 0.765. The molecule has 8 rings (SSSR count). The maximum atomic E-state index is 12.2. The molecule has 2 fully saturated rings. The van der Waals surface area contributed by atoms with Crippen molar-refractivity contribution in [1.29, 1.82) is 0 Å². The van der Waals surface area contributed by atoms with Gasteiger partial charge < -0.3 is 38.0 Å². The van der Waals surface area contributed by atoms with Crippen LogP contribution in [-0.2, 0) is 18.8 Å². The molecule has 1 atom stereocenters. The molecule has 4 heterocycles. The van der Waals surface area contributed by atoms with Gasteiger partial charge in [-0.3, -0.25) is 14.8 Å². The number of nitrogens with zero attached hydrogens (tertiary/aromatic N) is 2. The van der Waals surface area contributed by atoms with E-state index in [1.807, 2.05) is 48.5 Å². The number of aromatic nitrogens is 2. The van der Waals surface area contributed by atoms with Crippen LogP contribution in [0.3, 0.4) is 0 Å². The maximum absolute atomic E-state index is 12.2. The van der Waals surface area contributed by atoms with E-state index in [9.17, 15) is 9.90 Å². The SMILES string of the molecule is O=C1c2ccccc2OCc2ncccc21.OC1(C2CC2)c2ccccc2OCc2ncccc21.[Br-].[CH-]1CC1.[Mg+2]. The summed E-state index contributed by atoms with van der Waals surface area (Å²) < 4.78 is 11.4. The quantitative estimate of drug-likeness (QED) is 0.264. The van der Waals surface area contributed by atoms with Crippen LogP contribution in [0.5, 0.6) is 11.5 Å². The normalized spacial score (nSPS) is 19.0. The molecular weight excluding hydrogens is 581 g/mol. The van der Waals surface area contributed by atoms with Crippen molar-refractivity contribution >= 4 is 28.8 Å². The van der Waals surface area contributed by atoms with Gasteiger partial charge in [-0.25, -0.2) is 12.8 Å². The Hall–Kier alpha value is -2.78. The van der Waals surface area contributed by atoms with Crippen molar-refractivity contribution in [3.63, 3.8) is 0 Å². The largest absolute Gasteiger partial charge is 2.00 e. The van der Waals surface area contributed by atoms with Crippen molar-refractivity contribution in [3.8, 4) is 11.5 Å². The molecule has 200 valence electrons. The topological polar surface area (TPSA) is 81.5 Å². The first-order chi connectivity index (χ1) is 18.7. The third kappa shape index (κ3) is 6.25. The van der Waals surface area contributed by atoms with Crippen molar-refractivity contribution in [3.05, 3.63) is 125 Å². The van der Waals surface area contributed by atoms with Gasteiger partial charge in [0.25, 0.3) is 0 Å². The number of aliphatic hydroxyl groups is 1. The molecule has 4 aromatic rings. The van der Waals surface area contributed by atoms with Gasteiger partial charge in [0.05, 0.1) is 17.0 Å². The fraction of sp³-hybridized carbons (Fsp3) is 0.250. The fourth-order valence-corrected chi connectivity index (χ4v) is 4.87. The van der Waals surface area contributed by atoms with Gasteiger partial charge in [0.2, 0.25) is 0 Å². The van der Waals surface area contributed by atoms with E-state index in [0.717, 1.165) is 35.4 Å². The first kappa shape index (κ1) is 30.2. The van der Waals surface area contributed by atoms with Gasteiger partial charge in [-0.2, -0.15) is 0 Å². The Balaban J connectivity index is 0.000000162. The summed E-state index contributed by atoms with van der Waals surface area (Å²) in [6.07, 6.45) is 10.5. The minimum atomic E-state index is -0.948. The number of ether oxygens (including phenoxy) is 2. The van der Waals surface area contributed by atoms with Crippen LogP contribution in [0.4, 0.5) is 0 Å². The van der Waals surface area contributed by atoms with Gasteiger partial charge in [-0.15, -0.1) is 0 Å². The summed E-state index contributed by atoms with van der Waals surface area (Å²) in [6, 6.07) is 22.5. The Labute approximate surface area is 261 Å². The number of fused-ring (bicyclic) bond motifs is 4. The molecule has 1 N–H and O–H groups in total. The van der Waals surface area contributed by atoms with Crippen molar-refractivity contribution in [2.24, 2.45) is 5.92 Å². The molecule has 4 aliphatic rings. The van der Waals surface area contributed by atoms with Crippen LogP contribution in [0.25, 0.3) is 0 Å². The molecule has 6 nitrogen and oxygen atoms in total. The number of pyridine rings is 2. The number of carbonyl (C=O) groups is 1. The van der Waals surface area contributed by atoms with Gasteiger partial charge in [0.15, 0.2) is 5.78 Å². The number of para-hydroxylation sites is 2. The van der Waals surface area contributed by atoms with E-state index in [0.29, 0.717) is 35.8 Å². The standard InChI is InChI=1S/C16H15NO2.C13H9NO2.C3H5.BrH.Mg/c18-16(11-7-8-11)12-5-3-9-17-14(12)10-19-15-6-2-1-4-13(15)16;15-13-9-5-3-7-14-11(9)8-16-12-6-2-1-4-10(12)13;1-2-3-1;;/h1-6,9,11,18H,7-8,10H2;1-7H,8H2;1H,2-3H2;1H;/q;;-1;;+2/p-1. The summed E-state index contributed by atoms with van der Waals surface area (Å²) in [5.74, 6) is 1.66. The van der Waals surface area contributed by atoms with E-state index in [1.165, 1.54) is 12.8 Å². The minimum absolute atomic E-state index is 0. The molecule has 40 heavy (non-hydrogen) atoms. The van der Waals surface area contributed by atoms with Crippen LogP contribution < -0.4 is 26.5 Å². The molecule has 0 saturated heterocycles. The zero-order valence-electron chi connectivity index (χ0n) is 22.1. The third-order valence-electron chi connectivity index (χ3n) is 7.05. The second-order valence-corrected chi connectivity index (χ2v) is 9.80. The molecule has 2 aromatic heterocycles. The van der Waals surface area contributed by atoms with Gasteiger partial charge in [-0.1, -0.05) is 36.4 Å². The smallest absolute Gasteiger partial charge is 1.00 e. The Kier molecular flexibility index (Phi) is 10.00. The molecule has 2 aliphatic carbocycles. The first-order valence-electron chi connectivity index (χ1n) is 13.1. The number of benzene rings is 2. The van der Waals surface area contributed by atoms with Gasteiger partial charge >= 0.3 is 23.1 Å². The molecule has 0 spiro atoms. The number of ketones is 1. The monoisotopic (exact) mass is 608 g/mol. The second kappa shape index (κ2) is 13.3. The van der Waals surface area contributed by atoms with E-state index < -0.39 is 5.60 Å². The zero-order valence-corrected chi connectivity index (χ0v) is 25.1. The molecule has 0 bridgehead atoms. The van der Waals surface area contributed by atoms with Crippen molar-refractivity contribution in [1.82, 2.24) is 9.97 Å². The molecule has 8 heteroatoms. The molecule has 1 unspecified atom stereocenters. The maximum Gasteiger partial charge on any atom is 2.00 e. The zero-order chi connectivity index (χ0) is 26.0. The Morgan fingerprint density at radius 3 is 2.02 bits per heavy atom.